The summed E-state index contributed by atoms with van der Waals surface area (Å²) < 4.78 is 5.34. The number of nitrogens with one attached hydrogen (secondary N) is 1. The summed E-state index contributed by atoms with van der Waals surface area (Å²) >= 11 is 0. The molecule has 1 aromatic heterocycles. The molecule has 0 unspecified atom stereocenters. The van der Waals surface area contributed by atoms with E-state index in [2.05, 4.69) is 27.3 Å². The monoisotopic (exact) mass is 308 g/mol. The molecule has 1 aliphatic rings. The van der Waals surface area contributed by atoms with Crippen LogP contribution >= 0.6 is 12.4 Å². The highest BCUT2D eigenvalue weighted by Crippen LogP contribution is 2.15. The van der Waals surface area contributed by atoms with Gasteiger partial charge in [0.05, 0.1) is 0 Å². The van der Waals surface area contributed by atoms with Crippen molar-refractivity contribution in [2.24, 2.45) is 0 Å². The molecule has 2 aromatic rings. The van der Waals surface area contributed by atoms with Gasteiger partial charge in [0.1, 0.15) is 0 Å². The molecule has 2 heterocycles. The van der Waals surface area contributed by atoms with Gasteiger partial charge in [-0.15, -0.1) is 12.4 Å². The van der Waals surface area contributed by atoms with Crippen LogP contribution < -0.4 is 5.32 Å². The molecule has 1 aliphatic heterocycles. The van der Waals surface area contributed by atoms with Crippen molar-refractivity contribution >= 4 is 12.4 Å². The van der Waals surface area contributed by atoms with Crippen molar-refractivity contribution in [3.05, 3.63) is 36.2 Å². The summed E-state index contributed by atoms with van der Waals surface area (Å²) in [6.45, 7) is 6.41. The molecule has 5 nitrogen and oxygen atoms in total. The molecule has 1 saturated heterocycles. The number of piperazine rings is 1. The van der Waals surface area contributed by atoms with E-state index in [9.17, 15) is 0 Å². The molecule has 0 spiro atoms. The van der Waals surface area contributed by atoms with Gasteiger partial charge in [-0.2, -0.15) is 4.98 Å². The second kappa shape index (κ2) is 7.54. The van der Waals surface area contributed by atoms with E-state index in [-0.39, 0.29) is 12.4 Å². The highest BCUT2D eigenvalue weighted by Gasteiger charge is 2.18. The minimum absolute atomic E-state index is 0. The van der Waals surface area contributed by atoms with Gasteiger partial charge < -0.3 is 9.84 Å². The van der Waals surface area contributed by atoms with Crippen molar-refractivity contribution in [2.45, 2.75) is 19.4 Å². The summed E-state index contributed by atoms with van der Waals surface area (Å²) in [5.74, 6) is 1.39. The van der Waals surface area contributed by atoms with E-state index in [1.54, 1.807) is 0 Å². The molecule has 6 heteroatoms. The molecule has 1 atom stereocenters. The van der Waals surface area contributed by atoms with Crippen LogP contribution in [0.2, 0.25) is 0 Å². The van der Waals surface area contributed by atoms with E-state index < -0.39 is 0 Å². The maximum absolute atomic E-state index is 5.34. The fraction of sp³-hybridized carbons (Fsp3) is 0.467. The van der Waals surface area contributed by atoms with Gasteiger partial charge in [-0.25, -0.2) is 0 Å². The van der Waals surface area contributed by atoms with Crippen molar-refractivity contribution in [1.29, 1.82) is 0 Å². The molecule has 1 N–H and O–H groups in total. The second-order valence-corrected chi connectivity index (χ2v) is 5.22. The number of nitrogens with zero attached hydrogens (tertiary/aromatic N) is 3. The lowest BCUT2D eigenvalue weighted by molar-refractivity contribution is 0.171. The fourth-order valence-electron chi connectivity index (χ4n) is 2.52. The van der Waals surface area contributed by atoms with Crippen LogP contribution in [0.5, 0.6) is 0 Å². The first-order valence-electron chi connectivity index (χ1n) is 7.16. The Balaban J connectivity index is 0.00000161. The summed E-state index contributed by atoms with van der Waals surface area (Å²) in [4.78, 5) is 6.93. The van der Waals surface area contributed by atoms with Crippen LogP contribution in [-0.2, 0) is 6.42 Å². The molecule has 3 rings (SSSR count). The minimum Gasteiger partial charge on any atom is -0.339 e. The molecular formula is C15H21ClN4O. The molecule has 114 valence electrons. The molecule has 21 heavy (non-hydrogen) atoms. The first-order valence-corrected chi connectivity index (χ1v) is 7.16. The smallest absolute Gasteiger partial charge is 0.228 e. The van der Waals surface area contributed by atoms with E-state index in [1.807, 2.05) is 30.3 Å². The molecule has 0 radical (unpaired) electrons. The minimum atomic E-state index is 0. The summed E-state index contributed by atoms with van der Waals surface area (Å²) in [6, 6.07) is 10.5. The summed E-state index contributed by atoms with van der Waals surface area (Å²) in [5, 5.41) is 7.45. The van der Waals surface area contributed by atoms with Crippen LogP contribution in [0.1, 0.15) is 12.8 Å². The van der Waals surface area contributed by atoms with Crippen molar-refractivity contribution in [3.8, 4) is 11.4 Å². The molecular weight excluding hydrogens is 288 g/mol. The van der Waals surface area contributed by atoms with Gasteiger partial charge in [-0.05, 0) is 6.92 Å². The van der Waals surface area contributed by atoms with Crippen LogP contribution in [0.25, 0.3) is 11.4 Å². The van der Waals surface area contributed by atoms with Gasteiger partial charge in [-0.3, -0.25) is 4.90 Å². The SMILES string of the molecule is C[C@H]1CNCCN1CCc1nc(-c2ccccc2)no1.Cl. The summed E-state index contributed by atoms with van der Waals surface area (Å²) in [5.41, 5.74) is 0.998. The number of benzene rings is 1. The van der Waals surface area contributed by atoms with Gasteiger partial charge in [0.15, 0.2) is 0 Å². The average Bonchev–Trinajstić information content (AvgIpc) is 2.96. The Hall–Kier alpha value is -1.43. The third kappa shape index (κ3) is 4.03. The zero-order valence-electron chi connectivity index (χ0n) is 12.2. The maximum atomic E-state index is 5.34. The largest absolute Gasteiger partial charge is 0.339 e. The average molecular weight is 309 g/mol. The van der Waals surface area contributed by atoms with E-state index in [1.165, 1.54) is 0 Å². The van der Waals surface area contributed by atoms with Crippen LogP contribution in [0.3, 0.4) is 0 Å². The fourth-order valence-corrected chi connectivity index (χ4v) is 2.52. The third-order valence-corrected chi connectivity index (χ3v) is 3.75. The van der Waals surface area contributed by atoms with Crippen LogP contribution in [0, 0.1) is 0 Å². The predicted molar refractivity (Wildman–Crippen MR) is 84.6 cm³/mol. The lowest BCUT2D eigenvalue weighted by atomic mass is 10.2. The zero-order chi connectivity index (χ0) is 13.8. The van der Waals surface area contributed by atoms with Crippen molar-refractivity contribution in [2.75, 3.05) is 26.2 Å². The Kier molecular flexibility index (Phi) is 5.73. The molecule has 0 amide bonds. The van der Waals surface area contributed by atoms with Crippen LogP contribution in [0.4, 0.5) is 0 Å². The first kappa shape index (κ1) is 15.9. The van der Waals surface area contributed by atoms with Gasteiger partial charge in [0.25, 0.3) is 0 Å². The zero-order valence-corrected chi connectivity index (χ0v) is 13.0. The van der Waals surface area contributed by atoms with Gasteiger partial charge in [0, 0.05) is 44.2 Å². The van der Waals surface area contributed by atoms with E-state index in [0.29, 0.717) is 11.9 Å². The summed E-state index contributed by atoms with van der Waals surface area (Å²) in [6.07, 6.45) is 0.810. The lowest BCUT2D eigenvalue weighted by Gasteiger charge is -2.33. The number of halogens is 1. The number of rotatable bonds is 4. The highest BCUT2D eigenvalue weighted by molar-refractivity contribution is 5.85. The van der Waals surface area contributed by atoms with Crippen molar-refractivity contribution < 1.29 is 4.52 Å². The topological polar surface area (TPSA) is 54.2 Å². The lowest BCUT2D eigenvalue weighted by Crippen LogP contribution is -2.50. The van der Waals surface area contributed by atoms with E-state index in [4.69, 9.17) is 4.52 Å². The number of aromatic nitrogens is 2. The van der Waals surface area contributed by atoms with Gasteiger partial charge in [-0.1, -0.05) is 35.5 Å². The van der Waals surface area contributed by atoms with Crippen molar-refractivity contribution in [3.63, 3.8) is 0 Å². The summed E-state index contributed by atoms with van der Waals surface area (Å²) in [7, 11) is 0. The molecule has 0 bridgehead atoms. The van der Waals surface area contributed by atoms with E-state index in [0.717, 1.165) is 44.1 Å². The number of hydrogen-bond donors (Lipinski definition) is 1. The normalized spacial score (nSPS) is 19.2. The number of hydrogen-bond acceptors (Lipinski definition) is 5. The quantitative estimate of drug-likeness (QED) is 0.936. The molecule has 0 aliphatic carbocycles. The predicted octanol–water partition coefficient (Wildman–Crippen LogP) is 1.99. The van der Waals surface area contributed by atoms with Gasteiger partial charge >= 0.3 is 0 Å². The molecule has 0 saturated carbocycles. The van der Waals surface area contributed by atoms with Crippen molar-refractivity contribution in [1.82, 2.24) is 20.4 Å². The van der Waals surface area contributed by atoms with Crippen LogP contribution in [0.15, 0.2) is 34.9 Å². The first-order chi connectivity index (χ1) is 9.83. The van der Waals surface area contributed by atoms with E-state index >= 15 is 0 Å². The second-order valence-electron chi connectivity index (χ2n) is 5.22. The Morgan fingerprint density at radius 2 is 2.14 bits per heavy atom. The Labute approximate surface area is 131 Å². The third-order valence-electron chi connectivity index (χ3n) is 3.75. The van der Waals surface area contributed by atoms with Crippen LogP contribution in [-0.4, -0.2) is 47.3 Å². The molecule has 1 aromatic carbocycles. The standard InChI is InChI=1S/C15H20N4O.ClH/c1-12-11-16-8-10-19(12)9-7-14-17-15(18-20-14)13-5-3-2-4-6-13;/h2-6,12,16H,7-11H2,1H3;1H/t12-;/m0./s1. The highest BCUT2D eigenvalue weighted by atomic mass is 35.5. The Morgan fingerprint density at radius 3 is 2.90 bits per heavy atom. The Morgan fingerprint density at radius 1 is 1.33 bits per heavy atom. The maximum Gasteiger partial charge on any atom is 0.228 e. The Bertz CT molecular complexity index is 546. The molecule has 1 fully saturated rings. The van der Waals surface area contributed by atoms with Gasteiger partial charge in [0.2, 0.25) is 11.7 Å².